The van der Waals surface area contributed by atoms with Crippen LogP contribution in [0.2, 0.25) is 0 Å². The van der Waals surface area contributed by atoms with E-state index < -0.39 is 36.1 Å². The summed E-state index contributed by atoms with van der Waals surface area (Å²) in [5.74, 6) is -1.83. The first kappa shape index (κ1) is 23.4. The van der Waals surface area contributed by atoms with Gasteiger partial charge in [0, 0.05) is 32.6 Å². The molecule has 0 rings (SSSR count). The summed E-state index contributed by atoms with van der Waals surface area (Å²) < 4.78 is 0. The average molecular weight is 380 g/mol. The van der Waals surface area contributed by atoms with E-state index in [4.69, 9.17) is 33.9 Å². The molecule has 0 fully saturated rings. The van der Waals surface area contributed by atoms with E-state index in [1.54, 1.807) is 12.1 Å². The lowest BCUT2D eigenvalue weighted by atomic mass is 10.2. The highest BCUT2D eigenvalue weighted by molar-refractivity contribution is 7.80. The molecule has 1 amide bonds. The molecule has 0 heterocycles. The van der Waals surface area contributed by atoms with Crippen molar-refractivity contribution in [3.8, 4) is 0 Å². The minimum absolute atomic E-state index is 0.0314. The van der Waals surface area contributed by atoms with E-state index in [2.05, 4.69) is 16.1 Å². The van der Waals surface area contributed by atoms with Gasteiger partial charge in [0.2, 0.25) is 5.91 Å². The van der Waals surface area contributed by atoms with Crippen LogP contribution in [0.4, 0.5) is 0 Å². The second-order valence-corrected chi connectivity index (χ2v) is 6.14. The van der Waals surface area contributed by atoms with Gasteiger partial charge in [0.25, 0.3) is 0 Å². The van der Waals surface area contributed by atoms with Crippen LogP contribution in [0, 0.1) is 0 Å². The lowest BCUT2D eigenvalue weighted by Gasteiger charge is -2.27. The van der Waals surface area contributed by atoms with Crippen molar-refractivity contribution < 1.29 is 24.9 Å². The summed E-state index contributed by atoms with van der Waals surface area (Å²) in [6, 6.07) is -2.23. The van der Waals surface area contributed by atoms with E-state index in [9.17, 15) is 14.7 Å². The molecule has 0 aromatic carbocycles. The molecule has 4 atom stereocenters. The molecule has 10 N–H and O–H groups in total. The van der Waals surface area contributed by atoms with Crippen molar-refractivity contribution in [2.24, 2.45) is 11.5 Å². The van der Waals surface area contributed by atoms with E-state index in [1.807, 2.05) is 0 Å². The second kappa shape index (κ2) is 11.9. The van der Waals surface area contributed by atoms with Gasteiger partial charge >= 0.3 is 5.97 Å². The molecule has 0 saturated carbocycles. The number of aliphatic hydroxyl groups is 2. The molecule has 0 spiro atoms. The Hall–Kier alpha value is -1.57. The van der Waals surface area contributed by atoms with Gasteiger partial charge in [-0.3, -0.25) is 10.2 Å². The summed E-state index contributed by atoms with van der Waals surface area (Å²) in [4.78, 5) is 22.2. The summed E-state index contributed by atoms with van der Waals surface area (Å²) in [5.41, 5.74) is 13.8. The number of carboxylic acid groups (broad SMARTS) is 1. The van der Waals surface area contributed by atoms with Gasteiger partial charge in [-0.05, 0) is 19.1 Å². The number of amides is 1. The Kier molecular flexibility index (Phi) is 11.1. The first-order valence-electron chi connectivity index (χ1n) is 7.64. The summed E-state index contributed by atoms with van der Waals surface area (Å²) in [5, 5.41) is 34.3. The summed E-state index contributed by atoms with van der Waals surface area (Å²) in [6.07, 6.45) is -1.22. The van der Waals surface area contributed by atoms with Gasteiger partial charge < -0.3 is 37.4 Å². The Morgan fingerprint density at radius 1 is 1.32 bits per heavy atom. The zero-order valence-corrected chi connectivity index (χ0v) is 15.1. The van der Waals surface area contributed by atoms with E-state index in [1.165, 1.54) is 6.92 Å². The zero-order valence-electron chi connectivity index (χ0n) is 14.3. The number of aliphatic carboxylic acids is 1. The third-order valence-corrected chi connectivity index (χ3v) is 3.40. The maximum atomic E-state index is 11.2. The predicted octanol–water partition coefficient (Wildman–Crippen LogP) is -3.72. The number of hydrogen-bond donors (Lipinski definition) is 8. The molecule has 25 heavy (non-hydrogen) atoms. The van der Waals surface area contributed by atoms with E-state index in [0.717, 1.165) is 0 Å². The van der Waals surface area contributed by atoms with Gasteiger partial charge in [-0.1, -0.05) is 0 Å². The van der Waals surface area contributed by atoms with Gasteiger partial charge in [0.15, 0.2) is 11.2 Å². The summed E-state index contributed by atoms with van der Waals surface area (Å²) in [7, 11) is 1.71. The maximum absolute atomic E-state index is 11.2. The van der Waals surface area contributed by atoms with Gasteiger partial charge in [-0.2, -0.15) is 0 Å². The fourth-order valence-corrected chi connectivity index (χ4v) is 2.21. The number of rotatable bonds is 12. The van der Waals surface area contributed by atoms with E-state index in [0.29, 0.717) is 6.54 Å². The van der Waals surface area contributed by atoms with Crippen LogP contribution in [-0.2, 0) is 9.59 Å². The number of thiocarbonyl (C=S) groups is 1. The second-order valence-electron chi connectivity index (χ2n) is 5.73. The van der Waals surface area contributed by atoms with Crippen molar-refractivity contribution in [1.29, 1.82) is 0 Å². The number of primary amides is 1. The number of carbonyl (C=O) groups excluding carboxylic acids is 1. The zero-order chi connectivity index (χ0) is 19.6. The Bertz CT molecular complexity index is 453. The molecule has 0 aliphatic rings. The van der Waals surface area contributed by atoms with Gasteiger partial charge in [-0.15, -0.1) is 0 Å². The summed E-state index contributed by atoms with van der Waals surface area (Å²) >= 11 is 5.02. The van der Waals surface area contributed by atoms with Crippen molar-refractivity contribution in [2.45, 2.75) is 37.6 Å². The maximum Gasteiger partial charge on any atom is 0.328 e. The number of carbonyl (C=O) groups is 2. The highest BCUT2D eigenvalue weighted by Crippen LogP contribution is 1.96. The van der Waals surface area contributed by atoms with Gasteiger partial charge in [0.1, 0.15) is 0 Å². The fourth-order valence-electron chi connectivity index (χ4n) is 1.91. The fraction of sp³-hybridized carbons (Fsp3) is 0.769. The number of nitrogens with one attached hydrogen (secondary N) is 3. The van der Waals surface area contributed by atoms with Crippen molar-refractivity contribution in [3.05, 3.63) is 0 Å². The molecular weight excluding hydrogens is 352 g/mol. The van der Waals surface area contributed by atoms with Crippen molar-refractivity contribution in [2.75, 3.05) is 26.7 Å². The minimum Gasteiger partial charge on any atom is -0.480 e. The van der Waals surface area contributed by atoms with Crippen LogP contribution >= 0.6 is 12.2 Å². The van der Waals surface area contributed by atoms with Crippen LogP contribution in [0.25, 0.3) is 0 Å². The molecule has 146 valence electrons. The number of nitrogens with zero attached hydrogens (tertiary/aromatic N) is 1. The lowest BCUT2D eigenvalue weighted by Crippen LogP contribution is -2.56. The Morgan fingerprint density at radius 2 is 1.92 bits per heavy atom. The number of nitrogens with two attached hydrogens (primary N) is 2. The Labute approximate surface area is 151 Å². The van der Waals surface area contributed by atoms with Crippen LogP contribution in [-0.4, -0.2) is 88.3 Å². The standard InChI is InChI=1S/C13H28N6O5S/c1-7(21)11(12(23)24)18-13(25)17-9(3-10(15)22)4-16-19(2)5-8(14)6-20/h7-9,11,16,20-21H,3-6,14H2,1-2H3,(H2,15,22)(H,23,24)(H2,17,18,25). The molecule has 11 nitrogen and oxygen atoms in total. The lowest BCUT2D eigenvalue weighted by molar-refractivity contribution is -0.141. The smallest absolute Gasteiger partial charge is 0.328 e. The molecule has 0 aromatic rings. The highest BCUT2D eigenvalue weighted by atomic mass is 32.1. The van der Waals surface area contributed by atoms with Crippen LogP contribution in [0.5, 0.6) is 0 Å². The van der Waals surface area contributed by atoms with E-state index in [-0.39, 0.29) is 24.7 Å². The molecule has 0 aromatic heterocycles. The monoisotopic (exact) mass is 380 g/mol. The van der Waals surface area contributed by atoms with Crippen molar-refractivity contribution in [1.82, 2.24) is 21.1 Å². The van der Waals surface area contributed by atoms with Gasteiger partial charge in [0.05, 0.1) is 18.8 Å². The number of likely N-dealkylation sites (N-methyl/N-ethyl adjacent to an activating group) is 1. The molecule has 0 radical (unpaired) electrons. The van der Waals surface area contributed by atoms with Crippen LogP contribution in [0.15, 0.2) is 0 Å². The topological polar surface area (TPSA) is 186 Å². The third kappa shape index (κ3) is 10.8. The van der Waals surface area contributed by atoms with Crippen molar-refractivity contribution >= 4 is 29.2 Å². The highest BCUT2D eigenvalue weighted by Gasteiger charge is 2.24. The number of hydrazine groups is 1. The normalized spacial score (nSPS) is 15.9. The van der Waals surface area contributed by atoms with E-state index >= 15 is 0 Å². The van der Waals surface area contributed by atoms with Crippen molar-refractivity contribution in [3.63, 3.8) is 0 Å². The van der Waals surface area contributed by atoms with Crippen LogP contribution in [0.1, 0.15) is 13.3 Å². The Morgan fingerprint density at radius 3 is 2.36 bits per heavy atom. The average Bonchev–Trinajstić information content (AvgIpc) is 2.48. The predicted molar refractivity (Wildman–Crippen MR) is 95.3 cm³/mol. The minimum atomic E-state index is -1.28. The van der Waals surface area contributed by atoms with Gasteiger partial charge in [-0.25, -0.2) is 9.80 Å². The molecule has 0 aliphatic carbocycles. The largest absolute Gasteiger partial charge is 0.480 e. The summed E-state index contributed by atoms with van der Waals surface area (Å²) in [6.45, 7) is 1.76. The third-order valence-electron chi connectivity index (χ3n) is 3.17. The number of carboxylic acids is 1. The molecule has 12 heteroatoms. The molecule has 4 unspecified atom stereocenters. The quantitative estimate of drug-likeness (QED) is 0.123. The molecule has 0 aliphatic heterocycles. The molecule has 0 saturated heterocycles. The van der Waals surface area contributed by atoms with Crippen LogP contribution < -0.4 is 27.5 Å². The van der Waals surface area contributed by atoms with Crippen LogP contribution in [0.3, 0.4) is 0 Å². The molecule has 0 bridgehead atoms. The SMILES string of the molecule is CC(O)C(NC(=S)NC(CNN(C)CC(N)CO)CC(N)=O)C(=O)O. The first-order chi connectivity index (χ1) is 11.6. The first-order valence-corrected chi connectivity index (χ1v) is 8.04. The Balaban J connectivity index is 4.63. The molecular formula is C13H28N6O5S. The number of aliphatic hydroxyl groups excluding tert-OH is 2. The number of hydrogen-bond acceptors (Lipinski definition) is 8.